The molecule has 1 heterocycles. The van der Waals surface area contributed by atoms with Crippen LogP contribution in [0.4, 0.5) is 10.1 Å². The van der Waals surface area contributed by atoms with Gasteiger partial charge in [-0.25, -0.2) is 9.37 Å². The van der Waals surface area contributed by atoms with Crippen LogP contribution in [-0.4, -0.2) is 16.2 Å². The first kappa shape index (κ1) is 12.6. The predicted octanol–water partition coefficient (Wildman–Crippen LogP) is 2.73. The summed E-state index contributed by atoms with van der Waals surface area (Å²) in [5, 5.41) is 10.8. The van der Waals surface area contributed by atoms with E-state index in [-0.39, 0.29) is 5.88 Å². The maximum Gasteiger partial charge on any atom is 0.314 e. The van der Waals surface area contributed by atoms with Crippen LogP contribution in [0.2, 0.25) is 0 Å². The monoisotopic (exact) mass is 262 g/mol. The molecule has 0 N–H and O–H groups in total. The number of ether oxygens (including phenoxy) is 1. The zero-order chi connectivity index (χ0) is 13.8. The molecule has 0 bridgehead atoms. The number of nitro benzene ring substituents is 1. The number of rotatable bonds is 4. The Labute approximate surface area is 106 Å². The molecule has 7 heteroatoms. The van der Waals surface area contributed by atoms with Gasteiger partial charge in [0.15, 0.2) is 12.1 Å². The third-order valence-electron chi connectivity index (χ3n) is 2.24. The van der Waals surface area contributed by atoms with Crippen LogP contribution in [-0.2, 0) is 0 Å². The fourth-order valence-corrected chi connectivity index (χ4v) is 1.37. The number of aromatic nitrogens is 1. The van der Waals surface area contributed by atoms with Gasteiger partial charge in [-0.15, -0.1) is 0 Å². The molecule has 0 aliphatic heterocycles. The van der Waals surface area contributed by atoms with E-state index >= 15 is 0 Å². The number of carbonyl (C=O) groups is 1. The average molecular weight is 262 g/mol. The summed E-state index contributed by atoms with van der Waals surface area (Å²) in [6.07, 6.45) is 1.80. The van der Waals surface area contributed by atoms with Gasteiger partial charge in [-0.3, -0.25) is 14.9 Å². The number of aldehydes is 1. The molecule has 1 aromatic carbocycles. The van der Waals surface area contributed by atoms with Crippen molar-refractivity contribution in [2.75, 3.05) is 0 Å². The zero-order valence-corrected chi connectivity index (χ0v) is 9.45. The summed E-state index contributed by atoms with van der Waals surface area (Å²) in [6, 6.07) is 6.10. The third kappa shape index (κ3) is 2.71. The van der Waals surface area contributed by atoms with Crippen LogP contribution in [0.1, 0.15) is 10.4 Å². The van der Waals surface area contributed by atoms with Gasteiger partial charge in [0.2, 0.25) is 11.6 Å². The highest BCUT2D eigenvalue weighted by Crippen LogP contribution is 2.32. The van der Waals surface area contributed by atoms with Crippen molar-refractivity contribution in [2.45, 2.75) is 0 Å². The number of nitrogens with zero attached hydrogens (tertiary/aromatic N) is 2. The molecule has 0 radical (unpaired) electrons. The summed E-state index contributed by atoms with van der Waals surface area (Å²) in [5.74, 6) is -1.42. The molecule has 0 aliphatic rings. The summed E-state index contributed by atoms with van der Waals surface area (Å²) < 4.78 is 18.6. The van der Waals surface area contributed by atoms with Crippen molar-refractivity contribution in [2.24, 2.45) is 0 Å². The van der Waals surface area contributed by atoms with Gasteiger partial charge in [0.25, 0.3) is 0 Å². The number of benzene rings is 1. The van der Waals surface area contributed by atoms with Gasteiger partial charge in [-0.1, -0.05) is 6.07 Å². The number of para-hydroxylation sites is 1. The van der Waals surface area contributed by atoms with E-state index in [1.807, 2.05) is 0 Å². The van der Waals surface area contributed by atoms with Crippen molar-refractivity contribution in [3.05, 3.63) is 58.0 Å². The van der Waals surface area contributed by atoms with Crippen LogP contribution < -0.4 is 4.74 Å². The Kier molecular flexibility index (Phi) is 3.46. The largest absolute Gasteiger partial charge is 0.429 e. The molecule has 0 aliphatic carbocycles. The molecule has 2 rings (SSSR count). The lowest BCUT2D eigenvalue weighted by Crippen LogP contribution is -1.97. The number of pyridine rings is 1. The molecule has 0 amide bonds. The average Bonchev–Trinajstić information content (AvgIpc) is 2.41. The van der Waals surface area contributed by atoms with Gasteiger partial charge in [-0.2, -0.15) is 0 Å². The highest BCUT2D eigenvalue weighted by atomic mass is 19.1. The highest BCUT2D eigenvalue weighted by molar-refractivity contribution is 5.74. The van der Waals surface area contributed by atoms with Crippen LogP contribution in [0.15, 0.2) is 36.5 Å². The maximum absolute atomic E-state index is 13.5. The lowest BCUT2D eigenvalue weighted by molar-refractivity contribution is -0.385. The number of halogens is 1. The SMILES string of the molecule is O=Cc1ccc(Oc2c(F)cccc2[N+](=O)[O-])nc1. The molecule has 0 atom stereocenters. The highest BCUT2D eigenvalue weighted by Gasteiger charge is 2.20. The number of hydrogen-bond donors (Lipinski definition) is 0. The van der Waals surface area contributed by atoms with E-state index in [0.29, 0.717) is 11.8 Å². The van der Waals surface area contributed by atoms with Crippen molar-refractivity contribution in [3.63, 3.8) is 0 Å². The summed E-state index contributed by atoms with van der Waals surface area (Å²) in [6.45, 7) is 0. The lowest BCUT2D eigenvalue weighted by Gasteiger charge is -2.06. The summed E-state index contributed by atoms with van der Waals surface area (Å²) in [4.78, 5) is 24.2. The summed E-state index contributed by atoms with van der Waals surface area (Å²) >= 11 is 0. The van der Waals surface area contributed by atoms with E-state index in [1.165, 1.54) is 24.4 Å². The predicted molar refractivity (Wildman–Crippen MR) is 62.8 cm³/mol. The zero-order valence-electron chi connectivity index (χ0n) is 9.45. The standard InChI is InChI=1S/C12H7FN2O4/c13-9-2-1-3-10(15(17)18)12(9)19-11-5-4-8(7-16)6-14-11/h1-7H. The normalized spacial score (nSPS) is 9.95. The van der Waals surface area contributed by atoms with Gasteiger partial charge in [0.05, 0.1) is 4.92 Å². The molecule has 0 unspecified atom stereocenters. The van der Waals surface area contributed by atoms with Crippen molar-refractivity contribution < 1.29 is 18.8 Å². The molecule has 96 valence electrons. The molecule has 19 heavy (non-hydrogen) atoms. The van der Waals surface area contributed by atoms with Crippen LogP contribution in [0.5, 0.6) is 11.6 Å². The fraction of sp³-hybridized carbons (Fsp3) is 0. The molecule has 0 spiro atoms. The topological polar surface area (TPSA) is 82.3 Å². The third-order valence-corrected chi connectivity index (χ3v) is 2.24. The summed E-state index contributed by atoms with van der Waals surface area (Å²) in [5.41, 5.74) is -0.184. The Bertz CT molecular complexity index is 628. The smallest absolute Gasteiger partial charge is 0.314 e. The number of carbonyl (C=O) groups excluding carboxylic acids is 1. The van der Waals surface area contributed by atoms with Crippen molar-refractivity contribution >= 4 is 12.0 Å². The Morgan fingerprint density at radius 3 is 2.68 bits per heavy atom. The Morgan fingerprint density at radius 2 is 2.11 bits per heavy atom. The van der Waals surface area contributed by atoms with Crippen LogP contribution in [0.3, 0.4) is 0 Å². The van der Waals surface area contributed by atoms with E-state index in [0.717, 1.165) is 12.1 Å². The molecule has 0 saturated carbocycles. The van der Waals surface area contributed by atoms with Gasteiger partial charge in [0, 0.05) is 23.9 Å². The minimum Gasteiger partial charge on any atom is -0.429 e. The second kappa shape index (κ2) is 5.21. The van der Waals surface area contributed by atoms with E-state index in [9.17, 15) is 19.3 Å². The molecular weight excluding hydrogens is 255 g/mol. The van der Waals surface area contributed by atoms with E-state index in [1.54, 1.807) is 0 Å². The molecule has 6 nitrogen and oxygen atoms in total. The van der Waals surface area contributed by atoms with Crippen molar-refractivity contribution in [1.82, 2.24) is 4.98 Å². The van der Waals surface area contributed by atoms with Gasteiger partial charge < -0.3 is 4.74 Å². The Morgan fingerprint density at radius 1 is 1.32 bits per heavy atom. The lowest BCUT2D eigenvalue weighted by atomic mass is 10.3. The molecule has 0 saturated heterocycles. The number of nitro groups is 1. The van der Waals surface area contributed by atoms with Crippen molar-refractivity contribution in [3.8, 4) is 11.6 Å². The maximum atomic E-state index is 13.5. The molecule has 0 fully saturated rings. The van der Waals surface area contributed by atoms with Crippen molar-refractivity contribution in [1.29, 1.82) is 0 Å². The van der Waals surface area contributed by atoms with Crippen LogP contribution >= 0.6 is 0 Å². The van der Waals surface area contributed by atoms with Gasteiger partial charge >= 0.3 is 5.69 Å². The van der Waals surface area contributed by atoms with E-state index in [2.05, 4.69) is 4.98 Å². The van der Waals surface area contributed by atoms with E-state index in [4.69, 9.17) is 4.74 Å². The molecular formula is C12H7FN2O4. The molecule has 2 aromatic rings. The Balaban J connectivity index is 2.36. The minimum absolute atomic E-state index is 0.0428. The first-order chi connectivity index (χ1) is 9.11. The fourth-order valence-electron chi connectivity index (χ4n) is 1.37. The Hall–Kier alpha value is -2.83. The van der Waals surface area contributed by atoms with Gasteiger partial charge in [0.1, 0.15) is 0 Å². The minimum atomic E-state index is -0.865. The van der Waals surface area contributed by atoms with Crippen LogP contribution in [0, 0.1) is 15.9 Å². The molecule has 1 aromatic heterocycles. The first-order valence-corrected chi connectivity index (χ1v) is 5.14. The van der Waals surface area contributed by atoms with E-state index < -0.39 is 22.2 Å². The summed E-state index contributed by atoms with van der Waals surface area (Å²) in [7, 11) is 0. The quantitative estimate of drug-likeness (QED) is 0.480. The second-order valence-electron chi connectivity index (χ2n) is 3.49. The van der Waals surface area contributed by atoms with Crippen LogP contribution in [0.25, 0.3) is 0 Å². The first-order valence-electron chi connectivity index (χ1n) is 5.14. The number of hydrogen-bond acceptors (Lipinski definition) is 5. The second-order valence-corrected chi connectivity index (χ2v) is 3.49. The van der Waals surface area contributed by atoms with Gasteiger partial charge in [-0.05, 0) is 12.1 Å².